The maximum atomic E-state index is 12.6. The minimum Gasteiger partial charge on any atom is -0.324 e. The highest BCUT2D eigenvalue weighted by atomic mass is 16.2. The van der Waals surface area contributed by atoms with Gasteiger partial charge < -0.3 is 10.2 Å². The van der Waals surface area contributed by atoms with E-state index in [1.807, 2.05) is 32.0 Å². The zero-order valence-corrected chi connectivity index (χ0v) is 14.0. The van der Waals surface area contributed by atoms with Crippen molar-refractivity contribution in [2.24, 2.45) is 11.8 Å². The Morgan fingerprint density at radius 3 is 2.24 bits per heavy atom. The molecule has 0 aromatic heterocycles. The first-order valence-electron chi connectivity index (χ1n) is 8.10. The molecule has 2 N–H and O–H groups in total. The average molecular weight is 289 g/mol. The lowest BCUT2D eigenvalue weighted by Gasteiger charge is -2.35. The highest BCUT2D eigenvalue weighted by Crippen LogP contribution is 2.19. The Balaban J connectivity index is 2.06. The molecule has 0 spiro atoms. The number of nitrogens with one attached hydrogen (secondary N) is 2. The lowest BCUT2D eigenvalue weighted by atomic mass is 9.91. The summed E-state index contributed by atoms with van der Waals surface area (Å²) in [6, 6.07) is 6.13. The van der Waals surface area contributed by atoms with Crippen LogP contribution in [0.5, 0.6) is 0 Å². The molecule has 116 valence electrons. The van der Waals surface area contributed by atoms with Crippen LogP contribution >= 0.6 is 0 Å². The number of carbonyl (C=O) groups is 1. The Morgan fingerprint density at radius 2 is 1.71 bits per heavy atom. The van der Waals surface area contributed by atoms with Crippen molar-refractivity contribution in [3.63, 3.8) is 0 Å². The number of rotatable bonds is 3. The minimum atomic E-state index is 0.00852. The lowest BCUT2D eigenvalue weighted by molar-refractivity contribution is -0.925. The van der Waals surface area contributed by atoms with Crippen molar-refractivity contribution in [3.8, 4) is 0 Å². The van der Waals surface area contributed by atoms with Crippen LogP contribution < -0.4 is 10.2 Å². The molecule has 0 bridgehead atoms. The molecule has 0 radical (unpaired) electrons. The topological polar surface area (TPSA) is 33.5 Å². The number of aryl methyl sites for hydroxylation is 2. The standard InChI is InChI=1S/C18H28N2O/c1-12-9-13(2)11-20(10-12)16(5)18(21)19-17-14(3)7-6-8-15(17)4/h6-8,12-13,16H,9-11H2,1-5H3,(H,19,21)/p+1/t12-,13+,16-/m1/s1. The summed E-state index contributed by atoms with van der Waals surface area (Å²) in [6.07, 6.45) is 1.29. The molecule has 1 aromatic carbocycles. The molecule has 2 rings (SSSR count). The Bertz CT molecular complexity index is 482. The van der Waals surface area contributed by atoms with Crippen LogP contribution in [0.25, 0.3) is 0 Å². The number of anilines is 1. The Hall–Kier alpha value is -1.35. The van der Waals surface area contributed by atoms with Crippen molar-refractivity contribution >= 4 is 11.6 Å². The van der Waals surface area contributed by atoms with Crippen LogP contribution in [0, 0.1) is 25.7 Å². The second kappa shape index (κ2) is 6.61. The molecule has 3 heteroatoms. The smallest absolute Gasteiger partial charge is 0.282 e. The number of piperidine rings is 1. The first-order valence-corrected chi connectivity index (χ1v) is 8.10. The molecule has 1 unspecified atom stereocenters. The van der Waals surface area contributed by atoms with Crippen LogP contribution in [0.1, 0.15) is 38.3 Å². The Morgan fingerprint density at radius 1 is 1.19 bits per heavy atom. The second-order valence-corrected chi connectivity index (χ2v) is 6.99. The van der Waals surface area contributed by atoms with Crippen LogP contribution in [-0.2, 0) is 4.79 Å². The number of likely N-dealkylation sites (tertiary alicyclic amines) is 1. The van der Waals surface area contributed by atoms with Crippen molar-refractivity contribution in [1.82, 2.24) is 0 Å². The summed E-state index contributed by atoms with van der Waals surface area (Å²) in [5, 5.41) is 3.15. The predicted octanol–water partition coefficient (Wildman–Crippen LogP) is 2.19. The van der Waals surface area contributed by atoms with Crippen LogP contribution in [0.2, 0.25) is 0 Å². The minimum absolute atomic E-state index is 0.00852. The molecule has 21 heavy (non-hydrogen) atoms. The number of quaternary nitrogens is 1. The van der Waals surface area contributed by atoms with E-state index < -0.39 is 0 Å². The maximum Gasteiger partial charge on any atom is 0.282 e. The fraction of sp³-hybridized carbons (Fsp3) is 0.611. The molecule has 3 nitrogen and oxygen atoms in total. The molecule has 1 heterocycles. The van der Waals surface area contributed by atoms with Gasteiger partial charge in [-0.15, -0.1) is 0 Å². The van der Waals surface area contributed by atoms with E-state index in [-0.39, 0.29) is 11.9 Å². The van der Waals surface area contributed by atoms with Gasteiger partial charge in [0.15, 0.2) is 6.04 Å². The van der Waals surface area contributed by atoms with Crippen molar-refractivity contribution in [2.75, 3.05) is 18.4 Å². The van der Waals surface area contributed by atoms with Crippen molar-refractivity contribution in [2.45, 2.75) is 47.1 Å². The summed E-state index contributed by atoms with van der Waals surface area (Å²) >= 11 is 0. The first-order chi connectivity index (χ1) is 9.88. The molecule has 1 aromatic rings. The van der Waals surface area contributed by atoms with Gasteiger partial charge in [-0.05, 0) is 38.3 Å². The molecule has 1 aliphatic heterocycles. The molecule has 4 atom stereocenters. The summed E-state index contributed by atoms with van der Waals surface area (Å²) in [4.78, 5) is 14.0. The van der Waals surface area contributed by atoms with E-state index >= 15 is 0 Å². The number of carbonyl (C=O) groups excluding carboxylic acids is 1. The SMILES string of the molecule is Cc1cccc(C)c1NC(=O)[C@@H](C)[NH+]1C[C@H](C)C[C@H](C)C1. The van der Waals surface area contributed by atoms with E-state index in [0.717, 1.165) is 29.9 Å². The zero-order chi connectivity index (χ0) is 15.6. The second-order valence-electron chi connectivity index (χ2n) is 6.99. The highest BCUT2D eigenvalue weighted by Gasteiger charge is 2.32. The third-order valence-corrected chi connectivity index (χ3v) is 4.76. The number of para-hydroxylation sites is 1. The van der Waals surface area contributed by atoms with Gasteiger partial charge in [0.2, 0.25) is 0 Å². The van der Waals surface area contributed by atoms with Crippen LogP contribution in [0.4, 0.5) is 5.69 Å². The third-order valence-electron chi connectivity index (χ3n) is 4.76. The van der Waals surface area contributed by atoms with Gasteiger partial charge in [-0.2, -0.15) is 0 Å². The molecule has 1 amide bonds. The summed E-state index contributed by atoms with van der Waals surface area (Å²) < 4.78 is 0. The molecule has 1 aliphatic rings. The number of hydrogen-bond donors (Lipinski definition) is 2. The van der Waals surface area contributed by atoms with Gasteiger partial charge in [-0.25, -0.2) is 0 Å². The molecule has 1 fully saturated rings. The predicted molar refractivity (Wildman–Crippen MR) is 87.6 cm³/mol. The molecule has 0 saturated carbocycles. The first kappa shape index (κ1) is 16.0. The summed E-state index contributed by atoms with van der Waals surface area (Å²) in [5.74, 6) is 1.56. The number of hydrogen-bond acceptors (Lipinski definition) is 1. The quantitative estimate of drug-likeness (QED) is 0.879. The molecule has 1 saturated heterocycles. The van der Waals surface area contributed by atoms with Crippen molar-refractivity contribution in [3.05, 3.63) is 29.3 Å². The van der Waals surface area contributed by atoms with E-state index in [1.165, 1.54) is 11.3 Å². The summed E-state index contributed by atoms with van der Waals surface area (Å²) in [7, 11) is 0. The third kappa shape index (κ3) is 3.85. The number of amides is 1. The van der Waals surface area contributed by atoms with E-state index in [9.17, 15) is 4.79 Å². The van der Waals surface area contributed by atoms with E-state index in [4.69, 9.17) is 0 Å². The summed E-state index contributed by atoms with van der Waals surface area (Å²) in [5.41, 5.74) is 3.24. The largest absolute Gasteiger partial charge is 0.324 e. The lowest BCUT2D eigenvalue weighted by Crippen LogP contribution is -3.18. The molecular weight excluding hydrogens is 260 g/mol. The van der Waals surface area contributed by atoms with Crippen LogP contribution in [0.3, 0.4) is 0 Å². The normalized spacial score (nSPS) is 27.2. The Labute approximate surface area is 128 Å². The van der Waals surface area contributed by atoms with E-state index in [1.54, 1.807) is 0 Å². The molecular formula is C18H29N2O+. The van der Waals surface area contributed by atoms with Gasteiger partial charge in [-0.3, -0.25) is 4.79 Å². The van der Waals surface area contributed by atoms with Gasteiger partial charge in [0.1, 0.15) is 0 Å². The highest BCUT2D eigenvalue weighted by molar-refractivity contribution is 5.95. The molecule has 0 aliphatic carbocycles. The fourth-order valence-corrected chi connectivity index (χ4v) is 3.61. The Kier molecular flexibility index (Phi) is 5.04. The number of benzene rings is 1. The van der Waals surface area contributed by atoms with Crippen LogP contribution in [0.15, 0.2) is 18.2 Å². The van der Waals surface area contributed by atoms with Gasteiger partial charge in [0.05, 0.1) is 13.1 Å². The van der Waals surface area contributed by atoms with Gasteiger partial charge >= 0.3 is 0 Å². The summed E-state index contributed by atoms with van der Waals surface area (Å²) in [6.45, 7) is 13.0. The maximum absolute atomic E-state index is 12.6. The van der Waals surface area contributed by atoms with Crippen molar-refractivity contribution < 1.29 is 9.69 Å². The zero-order valence-electron chi connectivity index (χ0n) is 14.0. The van der Waals surface area contributed by atoms with Gasteiger partial charge in [0.25, 0.3) is 5.91 Å². The van der Waals surface area contributed by atoms with Crippen molar-refractivity contribution in [1.29, 1.82) is 0 Å². The van der Waals surface area contributed by atoms with Gasteiger partial charge in [-0.1, -0.05) is 32.0 Å². The van der Waals surface area contributed by atoms with Crippen LogP contribution in [-0.4, -0.2) is 25.0 Å². The fourth-order valence-electron chi connectivity index (χ4n) is 3.61. The van der Waals surface area contributed by atoms with E-state index in [2.05, 4.69) is 26.1 Å². The average Bonchev–Trinajstić information content (AvgIpc) is 2.41. The van der Waals surface area contributed by atoms with E-state index in [0.29, 0.717) is 11.8 Å². The van der Waals surface area contributed by atoms with Gasteiger partial charge in [0, 0.05) is 17.5 Å². The monoisotopic (exact) mass is 289 g/mol.